The molecule has 1 aromatic rings. The van der Waals surface area contributed by atoms with Crippen LogP contribution in [0.2, 0.25) is 10.0 Å². The van der Waals surface area contributed by atoms with Gasteiger partial charge < -0.3 is 5.73 Å². The molecule has 0 aliphatic heterocycles. The molecule has 0 aliphatic rings. The van der Waals surface area contributed by atoms with Gasteiger partial charge in [0.1, 0.15) is 0 Å². The summed E-state index contributed by atoms with van der Waals surface area (Å²) in [6.07, 6.45) is 0. The summed E-state index contributed by atoms with van der Waals surface area (Å²) < 4.78 is 0. The van der Waals surface area contributed by atoms with Gasteiger partial charge in [-0.1, -0.05) is 23.2 Å². The number of benzene rings is 1. The van der Waals surface area contributed by atoms with Gasteiger partial charge in [0.2, 0.25) is 0 Å². The third-order valence-corrected chi connectivity index (χ3v) is 2.67. The zero-order chi connectivity index (χ0) is 10.9. The molecule has 1 unspecified atom stereocenters. The van der Waals surface area contributed by atoms with E-state index in [1.807, 2.05) is 0 Å². The molecule has 2 N–H and O–H groups in total. The van der Waals surface area contributed by atoms with Crippen LogP contribution in [0.15, 0.2) is 12.1 Å². The van der Waals surface area contributed by atoms with Crippen molar-refractivity contribution in [2.45, 2.75) is 19.9 Å². The summed E-state index contributed by atoms with van der Waals surface area (Å²) in [4.78, 5) is 11.6. The van der Waals surface area contributed by atoms with E-state index in [-0.39, 0.29) is 5.78 Å². The minimum Gasteiger partial charge on any atom is -0.321 e. The second-order valence-electron chi connectivity index (χ2n) is 3.23. The maximum atomic E-state index is 11.6. The monoisotopic (exact) mass is 231 g/mol. The lowest BCUT2D eigenvalue weighted by molar-refractivity contribution is 0.0967. The number of hydrogen-bond acceptors (Lipinski definition) is 2. The van der Waals surface area contributed by atoms with Gasteiger partial charge in [-0.3, -0.25) is 4.79 Å². The maximum Gasteiger partial charge on any atom is 0.179 e. The molecule has 0 heterocycles. The predicted octanol–water partition coefficient (Wildman–Crippen LogP) is 2.83. The van der Waals surface area contributed by atoms with Crippen LogP contribution in [0.5, 0.6) is 0 Å². The zero-order valence-electron chi connectivity index (χ0n) is 7.97. The fourth-order valence-corrected chi connectivity index (χ4v) is 1.54. The van der Waals surface area contributed by atoms with Gasteiger partial charge in [-0.25, -0.2) is 0 Å². The van der Waals surface area contributed by atoms with Crippen molar-refractivity contribution < 1.29 is 4.79 Å². The molecule has 0 spiro atoms. The third kappa shape index (κ3) is 2.27. The van der Waals surface area contributed by atoms with Crippen LogP contribution in [0.4, 0.5) is 0 Å². The normalized spacial score (nSPS) is 12.6. The summed E-state index contributed by atoms with van der Waals surface area (Å²) in [6.45, 7) is 3.45. The summed E-state index contributed by atoms with van der Waals surface area (Å²) in [5.74, 6) is -0.124. The molecule has 0 amide bonds. The van der Waals surface area contributed by atoms with Gasteiger partial charge >= 0.3 is 0 Å². The van der Waals surface area contributed by atoms with E-state index < -0.39 is 6.04 Å². The van der Waals surface area contributed by atoms with Crippen molar-refractivity contribution in [1.82, 2.24) is 0 Å². The number of Topliss-reactive ketones (excluding diaryl/α,β-unsaturated/α-hetero) is 1. The van der Waals surface area contributed by atoms with E-state index in [4.69, 9.17) is 28.9 Å². The Bertz CT molecular complexity index is 375. The van der Waals surface area contributed by atoms with Crippen molar-refractivity contribution >= 4 is 29.0 Å². The average Bonchev–Trinajstić information content (AvgIpc) is 2.10. The number of nitrogens with two attached hydrogens (primary N) is 1. The van der Waals surface area contributed by atoms with Gasteiger partial charge in [-0.15, -0.1) is 0 Å². The first-order valence-electron chi connectivity index (χ1n) is 4.19. The van der Waals surface area contributed by atoms with E-state index in [1.165, 1.54) is 0 Å². The van der Waals surface area contributed by atoms with Crippen molar-refractivity contribution in [2.24, 2.45) is 5.73 Å². The maximum absolute atomic E-state index is 11.6. The molecule has 1 atom stereocenters. The minimum absolute atomic E-state index is 0.124. The SMILES string of the molecule is Cc1cc(Cl)c(Cl)cc1C(=O)C(C)N. The van der Waals surface area contributed by atoms with Crippen LogP contribution in [0.3, 0.4) is 0 Å². The van der Waals surface area contributed by atoms with E-state index in [1.54, 1.807) is 26.0 Å². The van der Waals surface area contributed by atoms with Gasteiger partial charge in [-0.05, 0) is 31.5 Å². The van der Waals surface area contributed by atoms with Crippen molar-refractivity contribution in [3.63, 3.8) is 0 Å². The molecule has 1 aromatic carbocycles. The van der Waals surface area contributed by atoms with Crippen LogP contribution in [-0.4, -0.2) is 11.8 Å². The highest BCUT2D eigenvalue weighted by atomic mass is 35.5. The second kappa shape index (κ2) is 4.30. The number of carbonyl (C=O) groups is 1. The number of aryl methyl sites for hydroxylation is 1. The molecule has 0 radical (unpaired) electrons. The smallest absolute Gasteiger partial charge is 0.179 e. The lowest BCUT2D eigenvalue weighted by Crippen LogP contribution is -2.27. The first-order valence-corrected chi connectivity index (χ1v) is 4.94. The number of halogens is 2. The molecule has 0 saturated heterocycles. The van der Waals surface area contributed by atoms with Crippen LogP contribution < -0.4 is 5.73 Å². The molecule has 1 rings (SSSR count). The third-order valence-electron chi connectivity index (χ3n) is 1.95. The molecular weight excluding hydrogens is 221 g/mol. The van der Waals surface area contributed by atoms with Gasteiger partial charge in [0.05, 0.1) is 16.1 Å². The zero-order valence-corrected chi connectivity index (χ0v) is 9.49. The summed E-state index contributed by atoms with van der Waals surface area (Å²) in [5.41, 5.74) is 6.83. The van der Waals surface area contributed by atoms with Crippen molar-refractivity contribution in [1.29, 1.82) is 0 Å². The second-order valence-corrected chi connectivity index (χ2v) is 4.05. The Morgan fingerprint density at radius 3 is 2.36 bits per heavy atom. The molecular formula is C10H11Cl2NO. The summed E-state index contributed by atoms with van der Waals surface area (Å²) in [7, 11) is 0. The standard InChI is InChI=1S/C10H11Cl2NO/c1-5-3-8(11)9(12)4-7(5)10(14)6(2)13/h3-4,6H,13H2,1-2H3. The predicted molar refractivity (Wildman–Crippen MR) is 59.2 cm³/mol. The summed E-state index contributed by atoms with van der Waals surface area (Å²) in [5, 5.41) is 0.826. The Labute approximate surface area is 93.0 Å². The first-order chi connectivity index (χ1) is 6.43. The largest absolute Gasteiger partial charge is 0.321 e. The molecule has 0 saturated carbocycles. The van der Waals surface area contributed by atoms with Crippen LogP contribution in [0.1, 0.15) is 22.8 Å². The molecule has 0 aliphatic carbocycles. The molecule has 0 fully saturated rings. The highest BCUT2D eigenvalue weighted by Crippen LogP contribution is 2.26. The fourth-order valence-electron chi connectivity index (χ4n) is 1.16. The molecule has 14 heavy (non-hydrogen) atoms. The fraction of sp³-hybridized carbons (Fsp3) is 0.300. The minimum atomic E-state index is -0.522. The Balaban J connectivity index is 3.22. The molecule has 0 bridgehead atoms. The molecule has 4 heteroatoms. The lowest BCUT2D eigenvalue weighted by atomic mass is 10.0. The van der Waals surface area contributed by atoms with Crippen LogP contribution in [-0.2, 0) is 0 Å². The average molecular weight is 232 g/mol. The quantitative estimate of drug-likeness (QED) is 0.796. The van der Waals surface area contributed by atoms with Crippen molar-refractivity contribution in [3.05, 3.63) is 33.3 Å². The number of rotatable bonds is 2. The molecule has 0 aromatic heterocycles. The van der Waals surface area contributed by atoms with Crippen LogP contribution >= 0.6 is 23.2 Å². The van der Waals surface area contributed by atoms with Crippen molar-refractivity contribution in [2.75, 3.05) is 0 Å². The number of carbonyl (C=O) groups excluding carboxylic acids is 1. The Hall–Kier alpha value is -0.570. The summed E-state index contributed by atoms with van der Waals surface area (Å²) >= 11 is 11.6. The first kappa shape index (κ1) is 11.5. The Morgan fingerprint density at radius 2 is 1.86 bits per heavy atom. The van der Waals surface area contributed by atoms with Crippen LogP contribution in [0.25, 0.3) is 0 Å². The molecule has 2 nitrogen and oxygen atoms in total. The number of hydrogen-bond donors (Lipinski definition) is 1. The van der Waals surface area contributed by atoms with Gasteiger partial charge in [0.25, 0.3) is 0 Å². The van der Waals surface area contributed by atoms with E-state index in [0.29, 0.717) is 15.6 Å². The topological polar surface area (TPSA) is 43.1 Å². The highest BCUT2D eigenvalue weighted by Gasteiger charge is 2.15. The van der Waals surface area contributed by atoms with Gasteiger partial charge in [-0.2, -0.15) is 0 Å². The lowest BCUT2D eigenvalue weighted by Gasteiger charge is -2.09. The van der Waals surface area contributed by atoms with E-state index in [2.05, 4.69) is 0 Å². The summed E-state index contributed by atoms with van der Waals surface area (Å²) in [6, 6.07) is 2.70. The van der Waals surface area contributed by atoms with Crippen LogP contribution in [0, 0.1) is 6.92 Å². The number of ketones is 1. The van der Waals surface area contributed by atoms with E-state index in [0.717, 1.165) is 5.56 Å². The van der Waals surface area contributed by atoms with E-state index >= 15 is 0 Å². The highest BCUT2D eigenvalue weighted by molar-refractivity contribution is 6.42. The van der Waals surface area contributed by atoms with Gasteiger partial charge in [0.15, 0.2) is 5.78 Å². The van der Waals surface area contributed by atoms with Gasteiger partial charge in [0, 0.05) is 5.56 Å². The Kier molecular flexibility index (Phi) is 3.53. The molecule has 76 valence electrons. The van der Waals surface area contributed by atoms with Crippen molar-refractivity contribution in [3.8, 4) is 0 Å². The van der Waals surface area contributed by atoms with E-state index in [9.17, 15) is 4.79 Å². The Morgan fingerprint density at radius 1 is 1.36 bits per heavy atom.